The summed E-state index contributed by atoms with van der Waals surface area (Å²) >= 11 is 0. The van der Waals surface area contributed by atoms with Crippen molar-refractivity contribution in [3.63, 3.8) is 0 Å². The van der Waals surface area contributed by atoms with Crippen LogP contribution in [0.4, 0.5) is 0 Å². The van der Waals surface area contributed by atoms with Gasteiger partial charge in [-0.3, -0.25) is 14.4 Å². The largest absolute Gasteiger partial charge is 0.467 e. The molecule has 13 nitrogen and oxygen atoms in total. The third-order valence-electron chi connectivity index (χ3n) is 4.86. The van der Waals surface area contributed by atoms with E-state index in [1.54, 1.807) is 0 Å². The maximum absolute atomic E-state index is 12.6. The van der Waals surface area contributed by atoms with E-state index in [9.17, 15) is 29.1 Å². The molecule has 0 radical (unpaired) electrons. The monoisotopic (exact) mass is 524 g/mol. The lowest BCUT2D eigenvalue weighted by Crippen LogP contribution is -2.64. The van der Waals surface area contributed by atoms with Gasteiger partial charge in [-0.05, 0) is 17.7 Å². The number of hydrogen-bond acceptors (Lipinski definition) is 13. The van der Waals surface area contributed by atoms with Crippen LogP contribution >= 0.6 is 0 Å². The van der Waals surface area contributed by atoms with Crippen molar-refractivity contribution >= 4 is 29.8 Å². The number of ether oxygens (including phenoxy) is 7. The van der Waals surface area contributed by atoms with Gasteiger partial charge in [0, 0.05) is 20.8 Å². The van der Waals surface area contributed by atoms with E-state index in [1.807, 2.05) is 0 Å². The summed E-state index contributed by atoms with van der Waals surface area (Å²) < 4.78 is 37.1. The van der Waals surface area contributed by atoms with E-state index >= 15 is 0 Å². The van der Waals surface area contributed by atoms with Crippen LogP contribution in [0.3, 0.4) is 0 Å². The van der Waals surface area contributed by atoms with Crippen molar-refractivity contribution in [3.8, 4) is 5.75 Å². The quantitative estimate of drug-likeness (QED) is 0.256. The van der Waals surface area contributed by atoms with Gasteiger partial charge in [-0.15, -0.1) is 0 Å². The van der Waals surface area contributed by atoms with Crippen LogP contribution in [-0.4, -0.2) is 79.4 Å². The van der Waals surface area contributed by atoms with Gasteiger partial charge in [-0.1, -0.05) is 18.7 Å². The van der Waals surface area contributed by atoms with Gasteiger partial charge in [0.1, 0.15) is 17.9 Å². The second-order valence-electron chi connectivity index (χ2n) is 7.66. The van der Waals surface area contributed by atoms with Crippen molar-refractivity contribution in [1.82, 2.24) is 0 Å². The summed E-state index contributed by atoms with van der Waals surface area (Å²) in [6.07, 6.45) is -6.72. The Balaban J connectivity index is 2.59. The standard InChI is InChI=1S/C24H28O13/c1-6-9-32-22(29)16-10-15(11-25)7-8-17(16)36-24-21(35-14(4)28)19(34-13(3)27)18(33-12(2)26)20(37-24)23(30)31-5/h6-8,10,18-21,24-25H,1,9,11H2,2-5H3/t18-,19-,20-,21+,24?/m0/s1. The molecular weight excluding hydrogens is 496 g/mol. The lowest BCUT2D eigenvalue weighted by Gasteiger charge is -2.43. The number of rotatable bonds is 10. The first kappa shape index (κ1) is 29.3. The van der Waals surface area contributed by atoms with Crippen LogP contribution in [0.2, 0.25) is 0 Å². The summed E-state index contributed by atoms with van der Waals surface area (Å²) in [5, 5.41) is 9.48. The molecule has 1 N–H and O–H groups in total. The Morgan fingerprint density at radius 3 is 2.11 bits per heavy atom. The third kappa shape index (κ3) is 7.75. The van der Waals surface area contributed by atoms with E-state index in [2.05, 4.69) is 6.58 Å². The molecule has 0 saturated carbocycles. The molecule has 1 heterocycles. The Morgan fingerprint density at radius 1 is 0.973 bits per heavy atom. The molecule has 1 aromatic carbocycles. The van der Waals surface area contributed by atoms with Crippen LogP contribution in [0.1, 0.15) is 36.7 Å². The number of carbonyl (C=O) groups excluding carboxylic acids is 5. The molecule has 13 heteroatoms. The average Bonchev–Trinajstić information content (AvgIpc) is 2.84. The maximum atomic E-state index is 12.6. The summed E-state index contributed by atoms with van der Waals surface area (Å²) in [4.78, 5) is 60.8. The first-order chi connectivity index (χ1) is 17.5. The Bertz CT molecular complexity index is 1030. The number of aliphatic hydroxyl groups is 1. The second-order valence-corrected chi connectivity index (χ2v) is 7.66. The van der Waals surface area contributed by atoms with E-state index < -0.39 is 67.2 Å². The lowest BCUT2D eigenvalue weighted by atomic mass is 9.97. The van der Waals surface area contributed by atoms with Gasteiger partial charge in [0.25, 0.3) is 0 Å². The van der Waals surface area contributed by atoms with Gasteiger partial charge in [0.15, 0.2) is 18.3 Å². The molecule has 0 amide bonds. The van der Waals surface area contributed by atoms with Gasteiger partial charge >= 0.3 is 29.8 Å². The zero-order chi connectivity index (χ0) is 27.7. The summed E-state index contributed by atoms with van der Waals surface area (Å²) in [5.74, 6) is -4.57. The van der Waals surface area contributed by atoms with E-state index in [0.717, 1.165) is 27.9 Å². The zero-order valence-electron chi connectivity index (χ0n) is 20.7. The number of esters is 5. The van der Waals surface area contributed by atoms with Crippen molar-refractivity contribution < 1.29 is 62.2 Å². The molecule has 5 atom stereocenters. The summed E-state index contributed by atoms with van der Waals surface area (Å²) in [7, 11) is 1.05. The molecule has 2 rings (SSSR count). The molecule has 0 spiro atoms. The molecule has 0 bridgehead atoms. The number of carbonyl (C=O) groups is 5. The average molecular weight is 524 g/mol. The van der Waals surface area contributed by atoms with E-state index in [0.29, 0.717) is 5.56 Å². The van der Waals surface area contributed by atoms with Crippen molar-refractivity contribution in [2.45, 2.75) is 58.1 Å². The summed E-state index contributed by atoms with van der Waals surface area (Å²) in [6, 6.07) is 4.05. The fourth-order valence-electron chi connectivity index (χ4n) is 3.45. The van der Waals surface area contributed by atoms with Crippen LogP contribution in [0.5, 0.6) is 5.75 Å². The van der Waals surface area contributed by atoms with Crippen LogP contribution < -0.4 is 4.74 Å². The van der Waals surface area contributed by atoms with Crippen molar-refractivity contribution in [1.29, 1.82) is 0 Å². The Labute approximate surface area is 212 Å². The van der Waals surface area contributed by atoms with Gasteiger partial charge in [-0.25, -0.2) is 9.59 Å². The van der Waals surface area contributed by atoms with Crippen molar-refractivity contribution in [2.75, 3.05) is 13.7 Å². The smallest absolute Gasteiger partial charge is 0.342 e. The number of aliphatic hydroxyl groups excluding tert-OH is 1. The number of methoxy groups -OCH3 is 1. The molecule has 1 fully saturated rings. The first-order valence-corrected chi connectivity index (χ1v) is 11.0. The number of benzene rings is 1. The minimum Gasteiger partial charge on any atom is -0.467 e. The predicted molar refractivity (Wildman–Crippen MR) is 121 cm³/mol. The van der Waals surface area contributed by atoms with Crippen molar-refractivity contribution in [3.05, 3.63) is 42.0 Å². The third-order valence-corrected chi connectivity index (χ3v) is 4.86. The highest BCUT2D eigenvalue weighted by Gasteiger charge is 2.56. The van der Waals surface area contributed by atoms with Crippen molar-refractivity contribution in [2.24, 2.45) is 0 Å². The van der Waals surface area contributed by atoms with Gasteiger partial charge in [0.05, 0.1) is 13.7 Å². The zero-order valence-corrected chi connectivity index (χ0v) is 20.7. The molecule has 37 heavy (non-hydrogen) atoms. The van der Waals surface area contributed by atoms with Crippen LogP contribution in [0, 0.1) is 0 Å². The highest BCUT2D eigenvalue weighted by Crippen LogP contribution is 2.32. The highest BCUT2D eigenvalue weighted by atomic mass is 16.7. The van der Waals surface area contributed by atoms with E-state index in [1.165, 1.54) is 24.3 Å². The molecule has 202 valence electrons. The molecule has 1 aromatic rings. The molecule has 1 saturated heterocycles. The molecule has 1 aliphatic rings. The Morgan fingerprint density at radius 2 is 1.57 bits per heavy atom. The summed E-state index contributed by atoms with van der Waals surface area (Å²) in [6.45, 7) is 6.10. The van der Waals surface area contributed by atoms with Crippen LogP contribution in [-0.2, 0) is 54.2 Å². The van der Waals surface area contributed by atoms with Crippen LogP contribution in [0.15, 0.2) is 30.9 Å². The molecule has 0 aliphatic carbocycles. The minimum absolute atomic E-state index is 0.124. The topological polar surface area (TPSA) is 170 Å². The van der Waals surface area contributed by atoms with Gasteiger partial charge in [-0.2, -0.15) is 0 Å². The SMILES string of the molecule is C=CCOC(=O)c1cc(CO)ccc1OC1O[C@H](C(=O)OC)[C@@H](OC(C)=O)[C@H](OC(C)=O)[C@H]1OC(C)=O. The minimum atomic E-state index is -1.68. The predicted octanol–water partition coefficient (Wildman–Crippen LogP) is 0.594. The highest BCUT2D eigenvalue weighted by molar-refractivity contribution is 5.92. The summed E-state index contributed by atoms with van der Waals surface area (Å²) in [5.41, 5.74) is 0.207. The van der Waals surface area contributed by atoms with E-state index in [4.69, 9.17) is 33.2 Å². The molecular formula is C24H28O13. The van der Waals surface area contributed by atoms with Gasteiger partial charge in [0.2, 0.25) is 12.4 Å². The lowest BCUT2D eigenvalue weighted by molar-refractivity contribution is -0.282. The first-order valence-electron chi connectivity index (χ1n) is 11.0. The fourth-order valence-corrected chi connectivity index (χ4v) is 3.45. The van der Waals surface area contributed by atoms with Crippen LogP contribution in [0.25, 0.3) is 0 Å². The normalized spacial score (nSPS) is 22.7. The molecule has 1 unspecified atom stereocenters. The Kier molecular flexibility index (Phi) is 10.6. The van der Waals surface area contributed by atoms with E-state index in [-0.39, 0.29) is 17.9 Å². The molecule has 0 aromatic heterocycles. The number of hydrogen-bond donors (Lipinski definition) is 1. The molecule has 1 aliphatic heterocycles. The van der Waals surface area contributed by atoms with Gasteiger partial charge < -0.3 is 38.3 Å². The fraction of sp³-hybridized carbons (Fsp3) is 0.458. The second kappa shape index (κ2) is 13.4. The maximum Gasteiger partial charge on any atom is 0.342 e. The Hall–Kier alpha value is -3.97.